The molecule has 64 heavy (non-hydrogen) atoms. The molecule has 3 aliphatic heterocycles. The SMILES string of the molecule is Cc1sc2c(c1C)C(c1ccc(Cl)cc1)=N[C@H](CC(=O)N1CCC(CN3CCN(Cc4ccc(-n5c(O)nnc5-c5cc(C(C)C)c(O)cc5O)cc4)CC3)CC1)c1nnc(C)n1-2.Cl. The molecule has 3 aromatic heterocycles. The number of aromatic hydroxyl groups is 3. The normalized spacial score (nSPS) is 17.2. The summed E-state index contributed by atoms with van der Waals surface area (Å²) in [6.45, 7) is 17.4. The second-order valence-electron chi connectivity index (χ2n) is 17.4. The number of benzene rings is 3. The molecule has 3 aliphatic rings. The third-order valence-corrected chi connectivity index (χ3v) is 14.4. The fourth-order valence-electron chi connectivity index (χ4n) is 9.22. The number of hydrogen-bond donors (Lipinski definition) is 3. The molecule has 1 atom stereocenters. The summed E-state index contributed by atoms with van der Waals surface area (Å²) in [5.74, 6) is 2.28. The maximum Gasteiger partial charge on any atom is 0.319 e. The first-order valence-electron chi connectivity index (χ1n) is 21.7. The van der Waals surface area contributed by atoms with E-state index >= 15 is 0 Å². The van der Waals surface area contributed by atoms with E-state index in [1.807, 2.05) is 74.2 Å². The molecule has 3 N–H and O–H groups in total. The molecule has 6 heterocycles. The molecule has 0 aliphatic carbocycles. The van der Waals surface area contributed by atoms with Gasteiger partial charge in [-0.25, -0.2) is 4.57 Å². The van der Waals surface area contributed by atoms with Gasteiger partial charge in [0.15, 0.2) is 11.6 Å². The predicted molar refractivity (Wildman–Crippen MR) is 252 cm³/mol. The number of piperidine rings is 1. The lowest BCUT2D eigenvalue weighted by Crippen LogP contribution is -2.48. The minimum atomic E-state index is -0.476. The molecular formula is C47H54Cl2N10O4S. The van der Waals surface area contributed by atoms with Crippen LogP contribution in [0.3, 0.4) is 0 Å². The summed E-state index contributed by atoms with van der Waals surface area (Å²) in [6, 6.07) is 17.9. The van der Waals surface area contributed by atoms with Crippen molar-refractivity contribution in [3.05, 3.63) is 110 Å². The summed E-state index contributed by atoms with van der Waals surface area (Å²) in [4.78, 5) is 27.6. The fraction of sp³-hybridized carbons (Fsp3) is 0.404. The number of piperazine rings is 1. The van der Waals surface area contributed by atoms with Crippen molar-refractivity contribution >= 4 is 47.0 Å². The molecule has 3 aromatic carbocycles. The number of hydrogen-bond acceptors (Lipinski definition) is 12. The lowest BCUT2D eigenvalue weighted by Gasteiger charge is -2.39. The van der Waals surface area contributed by atoms with Crippen molar-refractivity contribution in [1.82, 2.24) is 44.2 Å². The van der Waals surface area contributed by atoms with Crippen molar-refractivity contribution in [2.75, 3.05) is 45.8 Å². The van der Waals surface area contributed by atoms with Crippen molar-refractivity contribution in [2.24, 2.45) is 10.9 Å². The van der Waals surface area contributed by atoms with Crippen LogP contribution in [0.2, 0.25) is 5.02 Å². The first-order chi connectivity index (χ1) is 30.3. The highest BCUT2D eigenvalue weighted by molar-refractivity contribution is 7.15. The number of nitrogens with zero attached hydrogens (tertiary/aromatic N) is 10. The Morgan fingerprint density at radius 1 is 0.828 bits per heavy atom. The van der Waals surface area contributed by atoms with E-state index in [-0.39, 0.29) is 54.0 Å². The zero-order valence-corrected chi connectivity index (χ0v) is 39.1. The van der Waals surface area contributed by atoms with Gasteiger partial charge in [0, 0.05) is 79.5 Å². The summed E-state index contributed by atoms with van der Waals surface area (Å²) in [6.07, 6.45) is 2.18. The van der Waals surface area contributed by atoms with Crippen LogP contribution >= 0.6 is 35.3 Å². The van der Waals surface area contributed by atoms with Gasteiger partial charge >= 0.3 is 6.01 Å². The molecule has 0 radical (unpaired) electrons. The van der Waals surface area contributed by atoms with E-state index in [0.717, 1.165) is 98.4 Å². The highest BCUT2D eigenvalue weighted by Gasteiger charge is 2.34. The number of phenolic OH excluding ortho intramolecular Hbond substituents is 2. The summed E-state index contributed by atoms with van der Waals surface area (Å²) in [5, 5.41) is 50.5. The van der Waals surface area contributed by atoms with Crippen LogP contribution in [0.25, 0.3) is 22.1 Å². The predicted octanol–water partition coefficient (Wildman–Crippen LogP) is 8.16. The van der Waals surface area contributed by atoms with Gasteiger partial charge < -0.3 is 25.1 Å². The lowest BCUT2D eigenvalue weighted by molar-refractivity contribution is -0.133. The van der Waals surface area contributed by atoms with Gasteiger partial charge in [0.05, 0.1) is 23.4 Å². The fourth-order valence-corrected chi connectivity index (χ4v) is 10.6. The van der Waals surface area contributed by atoms with Crippen molar-refractivity contribution in [3.63, 3.8) is 0 Å². The quantitative estimate of drug-likeness (QED) is 0.122. The van der Waals surface area contributed by atoms with Crippen LogP contribution in [0.5, 0.6) is 17.5 Å². The van der Waals surface area contributed by atoms with Crippen molar-refractivity contribution in [2.45, 2.75) is 72.4 Å². The Balaban J connectivity index is 0.00000560. The topological polar surface area (TPSA) is 161 Å². The van der Waals surface area contributed by atoms with E-state index in [0.29, 0.717) is 33.6 Å². The van der Waals surface area contributed by atoms with Crippen LogP contribution in [0.1, 0.15) is 89.4 Å². The number of likely N-dealkylation sites (tertiary alicyclic amines) is 1. The van der Waals surface area contributed by atoms with E-state index in [4.69, 9.17) is 16.6 Å². The van der Waals surface area contributed by atoms with Gasteiger partial charge in [-0.1, -0.05) is 54.8 Å². The maximum absolute atomic E-state index is 14.1. The minimum Gasteiger partial charge on any atom is -0.508 e. The standard InChI is InChI=1S/C47H53ClN10O4S.ClH/c1-27(2)36-22-37(40(60)24-39(36)59)44-51-53-47(62)58(44)35-12-6-31(7-13-35)25-54-18-20-55(21-19-54)26-32-14-16-56(17-15-32)41(61)23-38-45-52-50-30(5)57(45)46-42(28(3)29(4)63-46)43(49-38)33-8-10-34(48)11-9-33;/h6-13,22,24,27,32,38,59-60H,14-21,23,25-26H2,1-5H3,(H,53,62);1H/t38-;/m1./s1. The highest BCUT2D eigenvalue weighted by Crippen LogP contribution is 2.41. The number of rotatable bonds is 10. The van der Waals surface area contributed by atoms with Crippen LogP contribution in [0, 0.1) is 26.7 Å². The van der Waals surface area contributed by atoms with Gasteiger partial charge in [0.25, 0.3) is 0 Å². The van der Waals surface area contributed by atoms with Crippen LogP contribution in [0.15, 0.2) is 65.7 Å². The molecule has 0 bridgehead atoms. The van der Waals surface area contributed by atoms with Gasteiger partial charge in [-0.05, 0) is 92.5 Å². The van der Waals surface area contributed by atoms with E-state index in [2.05, 4.69) is 48.6 Å². The monoisotopic (exact) mass is 924 g/mol. The Morgan fingerprint density at radius 2 is 1.52 bits per heavy atom. The zero-order valence-electron chi connectivity index (χ0n) is 36.7. The Bertz CT molecular complexity index is 2680. The molecule has 0 saturated carbocycles. The minimum absolute atomic E-state index is 0. The Morgan fingerprint density at radius 3 is 2.20 bits per heavy atom. The molecule has 0 spiro atoms. The summed E-state index contributed by atoms with van der Waals surface area (Å²) in [5.41, 5.74) is 6.90. The number of fused-ring (bicyclic) bond motifs is 3. The number of aryl methyl sites for hydroxylation is 2. The first kappa shape index (κ1) is 45.3. The third kappa shape index (κ3) is 8.88. The summed E-state index contributed by atoms with van der Waals surface area (Å²) in [7, 11) is 0. The largest absolute Gasteiger partial charge is 0.508 e. The van der Waals surface area contributed by atoms with Crippen LogP contribution in [-0.2, 0) is 11.3 Å². The van der Waals surface area contributed by atoms with E-state index in [1.165, 1.54) is 21.1 Å². The van der Waals surface area contributed by atoms with Crippen LogP contribution < -0.4 is 0 Å². The molecule has 2 fully saturated rings. The smallest absolute Gasteiger partial charge is 0.319 e. The van der Waals surface area contributed by atoms with E-state index in [9.17, 15) is 20.1 Å². The molecule has 1 amide bonds. The van der Waals surface area contributed by atoms with Crippen LogP contribution in [-0.4, -0.2) is 117 Å². The average molecular weight is 926 g/mol. The van der Waals surface area contributed by atoms with E-state index < -0.39 is 6.04 Å². The van der Waals surface area contributed by atoms with Gasteiger partial charge in [-0.2, -0.15) is 0 Å². The molecule has 17 heteroatoms. The average Bonchev–Trinajstić information content (AvgIpc) is 3.91. The number of amides is 1. The third-order valence-electron chi connectivity index (χ3n) is 12.9. The molecule has 0 unspecified atom stereocenters. The van der Waals surface area contributed by atoms with Crippen molar-refractivity contribution < 1.29 is 20.1 Å². The number of halogens is 2. The Labute approximate surface area is 388 Å². The Hall–Kier alpha value is -5.32. The van der Waals surface area contributed by atoms with Gasteiger partial charge in [0.1, 0.15) is 28.4 Å². The summed E-state index contributed by atoms with van der Waals surface area (Å²) < 4.78 is 3.60. The molecular weight excluding hydrogens is 872 g/mol. The van der Waals surface area contributed by atoms with Gasteiger partial charge in [0.2, 0.25) is 5.91 Å². The number of aromatic nitrogens is 6. The van der Waals surface area contributed by atoms with Crippen LogP contribution in [0.4, 0.5) is 0 Å². The zero-order chi connectivity index (χ0) is 44.1. The molecule has 2 saturated heterocycles. The number of thiophene rings is 1. The molecule has 6 aromatic rings. The number of phenols is 2. The number of aliphatic imine (C=N–C) groups is 1. The van der Waals surface area contributed by atoms with Gasteiger partial charge in [-0.3, -0.25) is 19.3 Å². The second-order valence-corrected chi connectivity index (χ2v) is 19.1. The van der Waals surface area contributed by atoms with Crippen molar-refractivity contribution in [1.29, 1.82) is 0 Å². The maximum atomic E-state index is 14.1. The summed E-state index contributed by atoms with van der Waals surface area (Å²) >= 11 is 8.00. The second kappa shape index (κ2) is 18.6. The molecule has 9 rings (SSSR count). The highest BCUT2D eigenvalue weighted by atomic mass is 35.5. The number of carbonyl (C=O) groups is 1. The number of carbonyl (C=O) groups excluding carboxylic acids is 1. The van der Waals surface area contributed by atoms with E-state index in [1.54, 1.807) is 17.4 Å². The lowest BCUT2D eigenvalue weighted by atomic mass is 9.95. The molecule has 14 nitrogen and oxygen atoms in total. The molecule has 336 valence electrons. The Kier molecular flexibility index (Phi) is 13.2. The first-order valence-corrected chi connectivity index (χ1v) is 22.9. The van der Waals surface area contributed by atoms with Gasteiger partial charge in [-0.15, -0.1) is 39.0 Å². The van der Waals surface area contributed by atoms with Crippen molar-refractivity contribution in [3.8, 4) is 39.6 Å².